The number of anilines is 1. The molecule has 9 nitrogen and oxygen atoms in total. The third kappa shape index (κ3) is 4.98. The van der Waals surface area contributed by atoms with Crippen LogP contribution in [0, 0.1) is 5.92 Å². The van der Waals surface area contributed by atoms with Crippen molar-refractivity contribution in [1.82, 2.24) is 20.0 Å². The molecule has 10 heteroatoms. The highest BCUT2D eigenvalue weighted by Crippen LogP contribution is 2.17. The normalized spacial score (nSPS) is 20.7. The minimum atomic E-state index is -0.247. The lowest BCUT2D eigenvalue weighted by atomic mass is 10.1. The molecule has 1 aromatic rings. The second kappa shape index (κ2) is 9.04. The first-order valence-electron chi connectivity index (χ1n) is 8.84. The summed E-state index contributed by atoms with van der Waals surface area (Å²) in [6.45, 7) is 3.47. The van der Waals surface area contributed by atoms with Crippen LogP contribution < -0.4 is 5.32 Å². The minimum Gasteiger partial charge on any atom is -0.381 e. The van der Waals surface area contributed by atoms with Crippen molar-refractivity contribution in [2.24, 2.45) is 5.92 Å². The van der Waals surface area contributed by atoms with E-state index in [2.05, 4.69) is 15.5 Å². The number of nitrogens with zero attached hydrogens (tertiary/aromatic N) is 4. The molecule has 2 aliphatic rings. The van der Waals surface area contributed by atoms with Crippen LogP contribution in [0.1, 0.15) is 25.7 Å². The van der Waals surface area contributed by atoms with Gasteiger partial charge in [-0.2, -0.15) is 0 Å². The molecule has 2 aliphatic heterocycles. The number of carbonyl (C=O) groups excluding carboxylic acids is 3. The fourth-order valence-corrected chi connectivity index (χ4v) is 3.62. The summed E-state index contributed by atoms with van der Waals surface area (Å²) in [5.74, 6) is -0.214. The predicted molar refractivity (Wildman–Crippen MR) is 94.5 cm³/mol. The number of rotatable bonds is 5. The number of carbonyl (C=O) groups is 3. The summed E-state index contributed by atoms with van der Waals surface area (Å²) in [4.78, 5) is 40.3. The number of hydrogen-bond acceptors (Lipinski definition) is 7. The van der Waals surface area contributed by atoms with E-state index in [4.69, 9.17) is 4.74 Å². The van der Waals surface area contributed by atoms with E-state index in [9.17, 15) is 14.4 Å². The number of ether oxygens (including phenoxy) is 1. The van der Waals surface area contributed by atoms with Gasteiger partial charge >= 0.3 is 0 Å². The molecule has 1 unspecified atom stereocenters. The summed E-state index contributed by atoms with van der Waals surface area (Å²) in [5.41, 5.74) is 1.53. The van der Waals surface area contributed by atoms with Crippen LogP contribution in [0.3, 0.4) is 0 Å². The highest BCUT2D eigenvalue weighted by atomic mass is 32.1. The molecule has 0 saturated carbocycles. The molecule has 2 fully saturated rings. The van der Waals surface area contributed by atoms with E-state index >= 15 is 0 Å². The second-order valence-corrected chi connectivity index (χ2v) is 7.25. The Hall–Kier alpha value is -2.07. The molecular weight excluding hydrogens is 358 g/mol. The Kier molecular flexibility index (Phi) is 6.51. The van der Waals surface area contributed by atoms with E-state index in [1.54, 1.807) is 4.90 Å². The summed E-state index contributed by atoms with van der Waals surface area (Å²) >= 11 is 1.23. The van der Waals surface area contributed by atoms with E-state index in [0.29, 0.717) is 44.5 Å². The van der Waals surface area contributed by atoms with Crippen molar-refractivity contribution in [3.05, 3.63) is 5.51 Å². The van der Waals surface area contributed by atoms with Crippen LogP contribution in [0.2, 0.25) is 0 Å². The largest absolute Gasteiger partial charge is 0.381 e. The summed E-state index contributed by atoms with van der Waals surface area (Å²) in [6.07, 6.45) is 1.79. The van der Waals surface area contributed by atoms with Gasteiger partial charge in [-0.1, -0.05) is 11.3 Å². The number of amides is 3. The number of hydrogen-bond donors (Lipinski definition) is 1. The lowest BCUT2D eigenvalue weighted by Gasteiger charge is -2.24. The smallest absolute Gasteiger partial charge is 0.228 e. The van der Waals surface area contributed by atoms with Gasteiger partial charge in [-0.05, 0) is 12.8 Å². The van der Waals surface area contributed by atoms with Crippen molar-refractivity contribution < 1.29 is 19.1 Å². The average Bonchev–Trinajstić information content (AvgIpc) is 3.29. The molecule has 142 valence electrons. The summed E-state index contributed by atoms with van der Waals surface area (Å²) < 4.78 is 5.29. The minimum absolute atomic E-state index is 0.0405. The summed E-state index contributed by atoms with van der Waals surface area (Å²) in [7, 11) is 0. The van der Waals surface area contributed by atoms with Gasteiger partial charge in [-0.15, -0.1) is 10.2 Å². The van der Waals surface area contributed by atoms with Crippen LogP contribution >= 0.6 is 11.3 Å². The van der Waals surface area contributed by atoms with Gasteiger partial charge < -0.3 is 19.9 Å². The van der Waals surface area contributed by atoms with E-state index in [1.165, 1.54) is 16.8 Å². The van der Waals surface area contributed by atoms with Crippen molar-refractivity contribution >= 4 is 34.2 Å². The Balaban J connectivity index is 1.42. The molecule has 1 aromatic heterocycles. The van der Waals surface area contributed by atoms with Crippen molar-refractivity contribution in [3.63, 3.8) is 0 Å². The first-order chi connectivity index (χ1) is 12.6. The lowest BCUT2D eigenvalue weighted by molar-refractivity contribution is -0.136. The highest BCUT2D eigenvalue weighted by Gasteiger charge is 2.29. The monoisotopic (exact) mass is 381 g/mol. The molecule has 0 bridgehead atoms. The van der Waals surface area contributed by atoms with Crippen LogP contribution in [0.15, 0.2) is 5.51 Å². The van der Waals surface area contributed by atoms with Crippen LogP contribution in [0.5, 0.6) is 0 Å². The Labute approximate surface area is 155 Å². The number of nitrogens with one attached hydrogen (secondary N) is 1. The second-order valence-electron chi connectivity index (χ2n) is 6.41. The van der Waals surface area contributed by atoms with Gasteiger partial charge in [-0.3, -0.25) is 14.4 Å². The molecule has 26 heavy (non-hydrogen) atoms. The lowest BCUT2D eigenvalue weighted by Crippen LogP contribution is -2.40. The third-order valence-electron chi connectivity index (χ3n) is 4.61. The predicted octanol–water partition coefficient (Wildman–Crippen LogP) is 0.354. The summed E-state index contributed by atoms with van der Waals surface area (Å²) in [6, 6.07) is 0. The van der Waals surface area contributed by atoms with Gasteiger partial charge in [0.15, 0.2) is 0 Å². The first-order valence-corrected chi connectivity index (χ1v) is 9.72. The van der Waals surface area contributed by atoms with Gasteiger partial charge in [0.25, 0.3) is 0 Å². The van der Waals surface area contributed by atoms with E-state index in [1.807, 2.05) is 4.90 Å². The zero-order valence-corrected chi connectivity index (χ0v) is 15.4. The molecule has 0 aliphatic carbocycles. The molecule has 0 aromatic carbocycles. The van der Waals surface area contributed by atoms with Crippen molar-refractivity contribution in [2.75, 3.05) is 44.7 Å². The Morgan fingerprint density at radius 3 is 2.73 bits per heavy atom. The Bertz CT molecular complexity index is 633. The fraction of sp³-hybridized carbons (Fsp3) is 0.688. The third-order valence-corrected chi connectivity index (χ3v) is 5.22. The molecule has 3 heterocycles. The average molecular weight is 381 g/mol. The van der Waals surface area contributed by atoms with Crippen LogP contribution in [0.25, 0.3) is 0 Å². The maximum absolute atomic E-state index is 12.5. The zero-order chi connectivity index (χ0) is 18.4. The standard InChI is InChI=1S/C16H23N5O4S/c22-13(18-16-19-17-11-26-16)2-3-14(23)20-5-1-6-21(8-7-20)15(24)12-4-9-25-10-12/h11-12H,1-10H2,(H,18,19,22). The van der Waals surface area contributed by atoms with E-state index < -0.39 is 0 Å². The maximum Gasteiger partial charge on any atom is 0.228 e. The van der Waals surface area contributed by atoms with Gasteiger partial charge in [-0.25, -0.2) is 0 Å². The SMILES string of the molecule is O=C(CCC(=O)N1CCCN(C(=O)C2CCOC2)CC1)Nc1nncs1. The zero-order valence-electron chi connectivity index (χ0n) is 14.6. The molecule has 3 amide bonds. The van der Waals surface area contributed by atoms with E-state index in [-0.39, 0.29) is 36.5 Å². The molecule has 0 radical (unpaired) electrons. The summed E-state index contributed by atoms with van der Waals surface area (Å²) in [5, 5.41) is 10.4. The fourth-order valence-electron chi connectivity index (χ4n) is 3.16. The van der Waals surface area contributed by atoms with Gasteiger partial charge in [0.2, 0.25) is 22.9 Å². The van der Waals surface area contributed by atoms with Gasteiger partial charge in [0.05, 0.1) is 12.5 Å². The molecule has 2 saturated heterocycles. The van der Waals surface area contributed by atoms with Crippen molar-refractivity contribution in [3.8, 4) is 0 Å². The van der Waals surface area contributed by atoms with Crippen molar-refractivity contribution in [1.29, 1.82) is 0 Å². The maximum atomic E-state index is 12.5. The molecule has 1 atom stereocenters. The topological polar surface area (TPSA) is 105 Å². The van der Waals surface area contributed by atoms with Gasteiger partial charge in [0, 0.05) is 45.6 Å². The molecule has 1 N–H and O–H groups in total. The first kappa shape index (κ1) is 18.7. The van der Waals surface area contributed by atoms with Crippen LogP contribution in [0.4, 0.5) is 5.13 Å². The Morgan fingerprint density at radius 2 is 2.00 bits per heavy atom. The molecule has 0 spiro atoms. The highest BCUT2D eigenvalue weighted by molar-refractivity contribution is 7.13. The number of aromatic nitrogens is 2. The quantitative estimate of drug-likeness (QED) is 0.789. The van der Waals surface area contributed by atoms with Crippen LogP contribution in [-0.2, 0) is 19.1 Å². The molecule has 3 rings (SSSR count). The molecular formula is C16H23N5O4S. The van der Waals surface area contributed by atoms with Crippen molar-refractivity contribution in [2.45, 2.75) is 25.7 Å². The van der Waals surface area contributed by atoms with E-state index in [0.717, 1.165) is 12.8 Å². The Morgan fingerprint density at radius 1 is 1.19 bits per heavy atom. The van der Waals surface area contributed by atoms with Crippen LogP contribution in [-0.4, -0.2) is 77.1 Å². The van der Waals surface area contributed by atoms with Gasteiger partial charge in [0.1, 0.15) is 5.51 Å².